The molecule has 10 heteroatoms. The fourth-order valence-corrected chi connectivity index (χ4v) is 5.11. The molecule has 8 nitrogen and oxygen atoms in total. The van der Waals surface area contributed by atoms with E-state index in [-0.39, 0.29) is 17.1 Å². The number of fused-ring (bicyclic) bond motifs is 1. The number of aromatic amines is 1. The monoisotopic (exact) mass is 510 g/mol. The number of hydrogen-bond acceptors (Lipinski definition) is 6. The van der Waals surface area contributed by atoms with Gasteiger partial charge in [-0.25, -0.2) is 12.8 Å². The van der Waals surface area contributed by atoms with Crippen LogP contribution in [0, 0.1) is 5.82 Å². The van der Waals surface area contributed by atoms with Crippen LogP contribution in [0.25, 0.3) is 10.9 Å². The smallest absolute Gasteiger partial charge is 0.261 e. The fraction of sp³-hybridized carbons (Fsp3) is 0.269. The molecule has 0 spiro atoms. The van der Waals surface area contributed by atoms with Crippen molar-refractivity contribution in [3.8, 4) is 5.75 Å². The van der Waals surface area contributed by atoms with Gasteiger partial charge < -0.3 is 15.2 Å². The van der Waals surface area contributed by atoms with Crippen molar-refractivity contribution < 1.29 is 22.7 Å². The summed E-state index contributed by atoms with van der Waals surface area (Å²) < 4.78 is 46.7. The van der Waals surface area contributed by atoms with E-state index in [9.17, 15) is 17.9 Å². The molecule has 1 heterocycles. The summed E-state index contributed by atoms with van der Waals surface area (Å²) in [6, 6.07) is 17.2. The highest BCUT2D eigenvalue weighted by molar-refractivity contribution is 7.92. The van der Waals surface area contributed by atoms with Crippen LogP contribution in [-0.4, -0.2) is 43.4 Å². The van der Waals surface area contributed by atoms with Gasteiger partial charge in [-0.15, -0.1) is 0 Å². The first-order valence-electron chi connectivity index (χ1n) is 11.8. The second-order valence-corrected chi connectivity index (χ2v) is 10.5. The number of aliphatic hydroxyl groups excluding tert-OH is 1. The molecule has 3 aromatic carbocycles. The highest BCUT2D eigenvalue weighted by atomic mass is 32.2. The summed E-state index contributed by atoms with van der Waals surface area (Å²) in [5.74, 6) is 0.686. The van der Waals surface area contributed by atoms with Crippen molar-refractivity contribution >= 4 is 26.6 Å². The minimum Gasteiger partial charge on any atom is -0.492 e. The number of sulfonamides is 1. The van der Waals surface area contributed by atoms with E-state index >= 15 is 0 Å². The quantitative estimate of drug-likeness (QED) is 0.226. The van der Waals surface area contributed by atoms with Crippen LogP contribution in [0.1, 0.15) is 36.1 Å². The van der Waals surface area contributed by atoms with Crippen molar-refractivity contribution in [1.29, 1.82) is 0 Å². The molecule has 1 aliphatic rings. The molecule has 188 valence electrons. The number of benzene rings is 3. The number of nitrogens with zero attached hydrogens (tertiary/aromatic N) is 1. The van der Waals surface area contributed by atoms with E-state index in [0.717, 1.165) is 28.4 Å². The third-order valence-electron chi connectivity index (χ3n) is 6.04. The van der Waals surface area contributed by atoms with E-state index in [2.05, 4.69) is 20.2 Å². The molecule has 0 amide bonds. The minimum atomic E-state index is -3.95. The van der Waals surface area contributed by atoms with E-state index < -0.39 is 21.9 Å². The summed E-state index contributed by atoms with van der Waals surface area (Å²) in [4.78, 5) is -0.176. The van der Waals surface area contributed by atoms with Gasteiger partial charge in [-0.3, -0.25) is 9.82 Å². The molecule has 1 aliphatic carbocycles. The van der Waals surface area contributed by atoms with E-state index in [1.165, 1.54) is 31.0 Å². The highest BCUT2D eigenvalue weighted by Crippen LogP contribution is 2.42. The fourth-order valence-electron chi connectivity index (χ4n) is 4.03. The lowest BCUT2D eigenvalue weighted by Gasteiger charge is -2.15. The number of hydrogen-bond donors (Lipinski definition) is 4. The Morgan fingerprint density at radius 3 is 2.75 bits per heavy atom. The predicted molar refractivity (Wildman–Crippen MR) is 135 cm³/mol. The zero-order valence-electron chi connectivity index (χ0n) is 19.4. The SMILES string of the molecule is O=S(=O)(Nc1cccc([C@@H](O)CNCCOc2ccc3c(C4CC4)n[nH]c3c2)c1)c1cccc(F)c1. The molecule has 0 aliphatic heterocycles. The second-order valence-electron chi connectivity index (χ2n) is 8.85. The van der Waals surface area contributed by atoms with Crippen molar-refractivity contribution in [2.45, 2.75) is 29.8 Å². The van der Waals surface area contributed by atoms with Crippen molar-refractivity contribution in [1.82, 2.24) is 15.5 Å². The second kappa shape index (κ2) is 10.3. The Balaban J connectivity index is 1.10. The molecule has 1 fully saturated rings. The van der Waals surface area contributed by atoms with Crippen LogP contribution in [-0.2, 0) is 10.0 Å². The van der Waals surface area contributed by atoms with Crippen LogP contribution >= 0.6 is 0 Å². The number of aromatic nitrogens is 2. The zero-order chi connectivity index (χ0) is 25.1. The van der Waals surface area contributed by atoms with Crippen LogP contribution in [0.4, 0.5) is 10.1 Å². The maximum Gasteiger partial charge on any atom is 0.261 e. The van der Waals surface area contributed by atoms with Crippen molar-refractivity contribution in [2.24, 2.45) is 0 Å². The molecular weight excluding hydrogens is 483 g/mol. The van der Waals surface area contributed by atoms with Crippen molar-refractivity contribution in [3.05, 3.63) is 83.8 Å². The highest BCUT2D eigenvalue weighted by Gasteiger charge is 2.27. The van der Waals surface area contributed by atoms with Gasteiger partial charge in [0.15, 0.2) is 0 Å². The average Bonchev–Trinajstić information content (AvgIpc) is 3.62. The molecule has 1 saturated carbocycles. The van der Waals surface area contributed by atoms with Gasteiger partial charge in [0.25, 0.3) is 10.0 Å². The number of rotatable bonds is 11. The Kier molecular flexibility index (Phi) is 6.90. The number of halogens is 1. The lowest BCUT2D eigenvalue weighted by molar-refractivity contribution is 0.172. The van der Waals surface area contributed by atoms with E-state index in [4.69, 9.17) is 4.74 Å². The summed E-state index contributed by atoms with van der Waals surface area (Å²) in [7, 11) is -3.95. The molecule has 5 rings (SSSR count). The molecule has 0 unspecified atom stereocenters. The van der Waals surface area contributed by atoms with Gasteiger partial charge >= 0.3 is 0 Å². The van der Waals surface area contributed by atoms with E-state index in [1.54, 1.807) is 24.3 Å². The maximum absolute atomic E-state index is 13.4. The molecule has 0 saturated heterocycles. The molecule has 4 N–H and O–H groups in total. The Labute approximate surface area is 208 Å². The number of aliphatic hydroxyl groups is 1. The molecular formula is C26H27FN4O4S. The number of nitrogens with one attached hydrogen (secondary N) is 3. The summed E-state index contributed by atoms with van der Waals surface area (Å²) in [5, 5.41) is 22.3. The van der Waals surface area contributed by atoms with E-state index in [1.807, 2.05) is 18.2 Å². The molecule has 1 atom stereocenters. The normalized spacial score (nSPS) is 14.6. The van der Waals surface area contributed by atoms with Crippen LogP contribution in [0.2, 0.25) is 0 Å². The molecule has 4 aromatic rings. The summed E-state index contributed by atoms with van der Waals surface area (Å²) in [5.41, 5.74) is 2.92. The Morgan fingerprint density at radius 1 is 1.11 bits per heavy atom. The summed E-state index contributed by atoms with van der Waals surface area (Å²) in [6.45, 7) is 1.18. The third-order valence-corrected chi connectivity index (χ3v) is 7.42. The number of ether oxygens (including phenoxy) is 1. The first kappa shape index (κ1) is 24.2. The largest absolute Gasteiger partial charge is 0.492 e. The van der Waals surface area contributed by atoms with Gasteiger partial charge in [0.05, 0.1) is 22.2 Å². The van der Waals surface area contributed by atoms with Gasteiger partial charge in [0.2, 0.25) is 0 Å². The van der Waals surface area contributed by atoms with Crippen molar-refractivity contribution in [3.63, 3.8) is 0 Å². The molecule has 36 heavy (non-hydrogen) atoms. The minimum absolute atomic E-state index is 0.176. The van der Waals surface area contributed by atoms with E-state index in [0.29, 0.717) is 24.6 Å². The third kappa shape index (κ3) is 5.67. The van der Waals surface area contributed by atoms with Gasteiger partial charge in [0.1, 0.15) is 18.2 Å². The average molecular weight is 511 g/mol. The van der Waals surface area contributed by atoms with Crippen LogP contribution in [0.3, 0.4) is 0 Å². The molecule has 0 radical (unpaired) electrons. The Morgan fingerprint density at radius 2 is 1.94 bits per heavy atom. The standard InChI is InChI=1S/C26H27FN4O4S/c27-19-4-2-6-22(14-19)36(33,34)31-20-5-1-3-18(13-20)25(32)16-28-11-12-35-21-9-10-23-24(15-21)29-30-26(23)17-7-8-17/h1-6,9-10,13-15,17,25,28,31-32H,7-8,11-12,16H2,(H,29,30)/t25-/m0/s1. The van der Waals surface area contributed by atoms with Gasteiger partial charge in [-0.05, 0) is 60.9 Å². The lowest BCUT2D eigenvalue weighted by Crippen LogP contribution is -2.26. The first-order chi connectivity index (χ1) is 17.4. The number of anilines is 1. The Bertz CT molecular complexity index is 1470. The van der Waals surface area contributed by atoms with Gasteiger partial charge in [-0.1, -0.05) is 18.2 Å². The number of H-pyrrole nitrogens is 1. The van der Waals surface area contributed by atoms with Crippen molar-refractivity contribution in [2.75, 3.05) is 24.4 Å². The van der Waals surface area contributed by atoms with Crippen LogP contribution < -0.4 is 14.8 Å². The van der Waals surface area contributed by atoms with Crippen LogP contribution in [0.15, 0.2) is 71.6 Å². The summed E-state index contributed by atoms with van der Waals surface area (Å²) >= 11 is 0. The zero-order valence-corrected chi connectivity index (χ0v) is 20.3. The first-order valence-corrected chi connectivity index (χ1v) is 13.3. The molecule has 1 aromatic heterocycles. The predicted octanol–water partition coefficient (Wildman–Crippen LogP) is 4.08. The molecule has 0 bridgehead atoms. The lowest BCUT2D eigenvalue weighted by atomic mass is 10.1. The van der Waals surface area contributed by atoms with Crippen LogP contribution in [0.5, 0.6) is 5.75 Å². The van der Waals surface area contributed by atoms with Gasteiger partial charge in [0, 0.05) is 36.1 Å². The summed E-state index contributed by atoms with van der Waals surface area (Å²) in [6.07, 6.45) is 1.54. The Hall–Kier alpha value is -3.47. The van der Waals surface area contributed by atoms with Gasteiger partial charge in [-0.2, -0.15) is 5.10 Å². The maximum atomic E-state index is 13.4. The topological polar surface area (TPSA) is 116 Å².